The molecule has 0 saturated heterocycles. The average molecular weight is 666 g/mol. The molecule has 0 spiro atoms. The maximum absolute atomic E-state index is 6.36. The summed E-state index contributed by atoms with van der Waals surface area (Å²) in [4.78, 5) is 19.9. The third-order valence-corrected chi connectivity index (χ3v) is 10.1. The summed E-state index contributed by atoms with van der Waals surface area (Å²) in [6.45, 7) is 0. The molecule has 0 aliphatic carbocycles. The molecule has 0 N–H and O–H groups in total. The van der Waals surface area contributed by atoms with Crippen molar-refractivity contribution < 1.29 is 4.42 Å². The topological polar surface area (TPSA) is 69.6 Å². The fourth-order valence-corrected chi connectivity index (χ4v) is 7.74. The zero-order valence-corrected chi connectivity index (χ0v) is 27.7. The molecule has 6 heteroatoms. The lowest BCUT2D eigenvalue weighted by atomic mass is 10.0. The number of pyridine rings is 1. The molecule has 0 bridgehead atoms. The minimum atomic E-state index is 0.533. The van der Waals surface area contributed by atoms with E-state index in [-0.39, 0.29) is 0 Å². The van der Waals surface area contributed by atoms with Gasteiger partial charge in [-0.2, -0.15) is 0 Å². The van der Waals surface area contributed by atoms with Crippen molar-refractivity contribution in [2.75, 3.05) is 0 Å². The van der Waals surface area contributed by atoms with E-state index in [9.17, 15) is 0 Å². The maximum Gasteiger partial charge on any atom is 0.227 e. The zero-order chi connectivity index (χ0) is 34.2. The van der Waals surface area contributed by atoms with E-state index in [1.807, 2.05) is 54.6 Å². The van der Waals surface area contributed by atoms with Gasteiger partial charge >= 0.3 is 0 Å². The summed E-state index contributed by atoms with van der Waals surface area (Å²) in [5.74, 6) is 1.70. The molecule has 242 valence electrons. The van der Waals surface area contributed by atoms with Gasteiger partial charge in [-0.05, 0) is 47.2 Å². The Hall–Kier alpha value is -7.18. The summed E-state index contributed by atoms with van der Waals surface area (Å²) in [5, 5.41) is 8.97. The van der Waals surface area contributed by atoms with Crippen molar-refractivity contribution in [2.24, 2.45) is 0 Å². The molecule has 0 aliphatic rings. The fourth-order valence-electron chi connectivity index (χ4n) is 7.74. The van der Waals surface area contributed by atoms with Crippen molar-refractivity contribution in [3.05, 3.63) is 164 Å². The Bertz CT molecular complexity index is 3200. The molecule has 11 aromatic rings. The predicted molar refractivity (Wildman–Crippen MR) is 211 cm³/mol. The van der Waals surface area contributed by atoms with Crippen LogP contribution in [-0.2, 0) is 0 Å². The molecule has 0 fully saturated rings. The fraction of sp³-hybridized carbons (Fsp3) is 0. The average Bonchev–Trinajstić information content (AvgIpc) is 3.77. The van der Waals surface area contributed by atoms with E-state index in [1.54, 1.807) is 6.20 Å². The molecule has 0 radical (unpaired) electrons. The van der Waals surface area contributed by atoms with Crippen LogP contribution in [0.4, 0.5) is 0 Å². The first-order chi connectivity index (χ1) is 25.8. The lowest BCUT2D eigenvalue weighted by Crippen LogP contribution is -2.02. The van der Waals surface area contributed by atoms with Crippen LogP contribution in [0.2, 0.25) is 0 Å². The first-order valence-corrected chi connectivity index (χ1v) is 17.3. The highest BCUT2D eigenvalue weighted by atomic mass is 16.3. The first-order valence-electron chi connectivity index (χ1n) is 17.3. The van der Waals surface area contributed by atoms with Crippen molar-refractivity contribution in [1.29, 1.82) is 0 Å². The van der Waals surface area contributed by atoms with Gasteiger partial charge in [0.2, 0.25) is 5.71 Å². The van der Waals surface area contributed by atoms with Crippen LogP contribution in [0.15, 0.2) is 168 Å². The number of rotatable bonds is 4. The van der Waals surface area contributed by atoms with Crippen molar-refractivity contribution in [3.8, 4) is 39.9 Å². The number of benzene rings is 7. The van der Waals surface area contributed by atoms with Gasteiger partial charge in [0.25, 0.3) is 0 Å². The third-order valence-electron chi connectivity index (χ3n) is 10.1. The minimum absolute atomic E-state index is 0.533. The van der Waals surface area contributed by atoms with Crippen LogP contribution in [0.3, 0.4) is 0 Å². The molecule has 0 saturated carbocycles. The molecule has 4 aromatic heterocycles. The van der Waals surface area contributed by atoms with Crippen LogP contribution >= 0.6 is 0 Å². The Morgan fingerprint density at radius 3 is 2.02 bits per heavy atom. The quantitative estimate of drug-likeness (QED) is 0.187. The van der Waals surface area contributed by atoms with Gasteiger partial charge in [0.15, 0.2) is 17.5 Å². The number of furan rings is 1. The van der Waals surface area contributed by atoms with Gasteiger partial charge in [-0.3, -0.25) is 0 Å². The van der Waals surface area contributed by atoms with Crippen molar-refractivity contribution >= 4 is 65.4 Å². The highest BCUT2D eigenvalue weighted by molar-refractivity contribution is 6.19. The lowest BCUT2D eigenvalue weighted by Gasteiger charge is -2.15. The molecule has 0 amide bonds. The molecule has 0 aliphatic heterocycles. The van der Waals surface area contributed by atoms with Crippen LogP contribution < -0.4 is 0 Å². The molecule has 52 heavy (non-hydrogen) atoms. The van der Waals surface area contributed by atoms with E-state index in [2.05, 4.69) is 113 Å². The minimum Gasteiger partial charge on any atom is -0.437 e. The van der Waals surface area contributed by atoms with E-state index in [0.29, 0.717) is 28.8 Å². The summed E-state index contributed by atoms with van der Waals surface area (Å²) < 4.78 is 8.77. The molecular weight excluding hydrogens is 639 g/mol. The Balaban J connectivity index is 1.22. The Morgan fingerprint density at radius 2 is 1.13 bits per heavy atom. The molecule has 7 aromatic carbocycles. The van der Waals surface area contributed by atoms with Gasteiger partial charge < -0.3 is 8.98 Å². The highest BCUT2D eigenvalue weighted by Crippen LogP contribution is 2.40. The summed E-state index contributed by atoms with van der Waals surface area (Å²) in [5.41, 5.74) is 7.23. The van der Waals surface area contributed by atoms with E-state index >= 15 is 0 Å². The number of fused-ring (bicyclic) bond motifs is 9. The van der Waals surface area contributed by atoms with Gasteiger partial charge in [-0.1, -0.05) is 121 Å². The van der Waals surface area contributed by atoms with E-state index in [1.165, 1.54) is 27.1 Å². The number of hydrogen-bond donors (Lipinski definition) is 0. The summed E-state index contributed by atoms with van der Waals surface area (Å²) in [7, 11) is 0. The summed E-state index contributed by atoms with van der Waals surface area (Å²) in [6.07, 6.45) is 1.75. The van der Waals surface area contributed by atoms with E-state index in [4.69, 9.17) is 19.4 Å². The molecule has 4 heterocycles. The Kier molecular flexibility index (Phi) is 6.15. The van der Waals surface area contributed by atoms with Crippen LogP contribution in [-0.4, -0.2) is 24.5 Å². The van der Waals surface area contributed by atoms with Crippen molar-refractivity contribution in [3.63, 3.8) is 0 Å². The van der Waals surface area contributed by atoms with Crippen LogP contribution in [0, 0.1) is 0 Å². The van der Waals surface area contributed by atoms with Crippen molar-refractivity contribution in [2.45, 2.75) is 0 Å². The van der Waals surface area contributed by atoms with Gasteiger partial charge in [-0.25, -0.2) is 19.9 Å². The molecule has 11 rings (SSSR count). The number of hydrogen-bond acceptors (Lipinski definition) is 5. The third kappa shape index (κ3) is 4.31. The Morgan fingerprint density at radius 1 is 0.442 bits per heavy atom. The normalized spacial score (nSPS) is 11.8. The second-order valence-corrected chi connectivity index (χ2v) is 13.1. The summed E-state index contributed by atoms with van der Waals surface area (Å²) >= 11 is 0. The van der Waals surface area contributed by atoms with E-state index in [0.717, 1.165) is 49.4 Å². The maximum atomic E-state index is 6.36. The lowest BCUT2D eigenvalue weighted by molar-refractivity contribution is 0.654. The van der Waals surface area contributed by atoms with Crippen LogP contribution in [0.25, 0.3) is 105 Å². The van der Waals surface area contributed by atoms with Gasteiger partial charge in [0, 0.05) is 49.6 Å². The number of para-hydroxylation sites is 2. The van der Waals surface area contributed by atoms with Gasteiger partial charge in [0.05, 0.1) is 22.3 Å². The standard InChI is InChI=1S/C46H27N5O/c1-2-13-29(14-3-1)43-48-44(50-45(49-43)38-20-10-19-36-37-21-11-25-47-46(37)52-42(36)38)31-26-30-15-5-6-16-32(30)40(27-31)51-39-22-9-8-18-34(39)35-24-23-28-12-4-7-17-33(28)41(35)51/h1-27H. The Labute approximate surface area is 297 Å². The zero-order valence-electron chi connectivity index (χ0n) is 27.7. The van der Waals surface area contributed by atoms with Crippen LogP contribution in [0.1, 0.15) is 0 Å². The van der Waals surface area contributed by atoms with Crippen molar-refractivity contribution in [1.82, 2.24) is 24.5 Å². The van der Waals surface area contributed by atoms with E-state index < -0.39 is 0 Å². The second-order valence-electron chi connectivity index (χ2n) is 13.1. The molecular formula is C46H27N5O. The summed E-state index contributed by atoms with van der Waals surface area (Å²) in [6, 6.07) is 54.8. The smallest absolute Gasteiger partial charge is 0.227 e. The second kappa shape index (κ2) is 11.2. The highest BCUT2D eigenvalue weighted by Gasteiger charge is 2.21. The largest absolute Gasteiger partial charge is 0.437 e. The van der Waals surface area contributed by atoms with Gasteiger partial charge in [0.1, 0.15) is 5.58 Å². The first kappa shape index (κ1) is 28.6. The van der Waals surface area contributed by atoms with Gasteiger partial charge in [-0.15, -0.1) is 0 Å². The number of nitrogens with zero attached hydrogens (tertiary/aromatic N) is 5. The van der Waals surface area contributed by atoms with Crippen LogP contribution in [0.5, 0.6) is 0 Å². The molecule has 0 atom stereocenters. The SMILES string of the molecule is c1ccc(-c2nc(-c3cc(-n4c5ccccc5c5ccc6ccccc6c54)c4ccccc4c3)nc(-c3cccc4c3oc3ncccc34)n2)cc1. The number of aromatic nitrogens is 5. The molecule has 0 unspecified atom stereocenters. The molecule has 6 nitrogen and oxygen atoms in total. The monoisotopic (exact) mass is 665 g/mol. The predicted octanol–water partition coefficient (Wildman–Crippen LogP) is 11.6.